The number of aryl methyl sites for hydroxylation is 2. The zero-order valence-electron chi connectivity index (χ0n) is 23.0. The lowest BCUT2D eigenvalue weighted by Gasteiger charge is -2.33. The highest BCUT2D eigenvalue weighted by atomic mass is 35.5. The van der Waals surface area contributed by atoms with E-state index in [0.29, 0.717) is 18.7 Å². The molecule has 0 saturated carbocycles. The molecular formula is C27H29ClF5N3O5. The molecule has 0 fully saturated rings. The maximum Gasteiger partial charge on any atom is 0.418 e. The average molecular weight is 606 g/mol. The number of dihydropyridines is 1. The second kappa shape index (κ2) is 13.0. The van der Waals surface area contributed by atoms with Crippen LogP contribution in [0.15, 0.2) is 34.7 Å². The van der Waals surface area contributed by atoms with E-state index in [0.717, 1.165) is 24.3 Å². The van der Waals surface area contributed by atoms with Gasteiger partial charge >= 0.3 is 18.1 Å². The van der Waals surface area contributed by atoms with Crippen LogP contribution in [0.1, 0.15) is 41.2 Å². The van der Waals surface area contributed by atoms with Gasteiger partial charge in [-0.2, -0.15) is 13.2 Å². The van der Waals surface area contributed by atoms with Crippen LogP contribution in [-0.4, -0.2) is 55.1 Å². The molecule has 0 amide bonds. The maximum atomic E-state index is 15.4. The molecule has 1 N–H and O–H groups in total. The third-order valence-electron chi connectivity index (χ3n) is 6.63. The first-order valence-electron chi connectivity index (χ1n) is 12.5. The Hall–Kier alpha value is -3.45. The third kappa shape index (κ3) is 6.56. The largest absolute Gasteiger partial charge is 0.466 e. The van der Waals surface area contributed by atoms with Gasteiger partial charge < -0.3 is 24.1 Å². The number of rotatable bonds is 10. The Labute approximate surface area is 238 Å². The van der Waals surface area contributed by atoms with E-state index in [1.54, 1.807) is 6.92 Å². The summed E-state index contributed by atoms with van der Waals surface area (Å²) in [5.74, 6) is -5.26. The number of nitrogens with one attached hydrogen (secondary N) is 1. The number of esters is 2. The van der Waals surface area contributed by atoms with Gasteiger partial charge in [0.1, 0.15) is 18.3 Å². The van der Waals surface area contributed by atoms with Gasteiger partial charge in [-0.15, -0.1) is 0 Å². The van der Waals surface area contributed by atoms with Crippen LogP contribution in [0.3, 0.4) is 0 Å². The summed E-state index contributed by atoms with van der Waals surface area (Å²) >= 11 is 5.88. The number of benzene rings is 1. The third-order valence-corrected chi connectivity index (χ3v) is 6.95. The quantitative estimate of drug-likeness (QED) is 0.225. The lowest BCUT2D eigenvalue weighted by atomic mass is 9.78. The highest BCUT2D eigenvalue weighted by molar-refractivity contribution is 6.31. The van der Waals surface area contributed by atoms with Crippen LogP contribution in [-0.2, 0) is 36.5 Å². The first kappa shape index (κ1) is 32.1. The SMILES string of the molecule is CCOC(=O)C1=C(COCCn2c(C)nc(C)c2C)NC(CF)=C(C(=O)OC)C1c1c(F)ccc(Cl)c1C(F)(F)F. The standard InChI is InChI=1S/C27H29ClF5N3O5/c1-6-41-26(38)22-19(12-40-10-9-36-14(3)13(2)34-15(36)4)35-18(11-29)21(25(37)39-5)23(22)20-17(30)8-7-16(28)24(20)27(31,32)33/h7-8,23,35H,6,9-12H2,1-5H3. The van der Waals surface area contributed by atoms with Crippen LogP contribution >= 0.6 is 11.6 Å². The minimum atomic E-state index is -5.22. The molecule has 0 bridgehead atoms. The number of hydrogen-bond donors (Lipinski definition) is 1. The average Bonchev–Trinajstić information content (AvgIpc) is 3.15. The monoisotopic (exact) mass is 605 g/mol. The number of halogens is 6. The van der Waals surface area contributed by atoms with Crippen LogP contribution < -0.4 is 5.32 Å². The topological polar surface area (TPSA) is 91.7 Å². The number of ether oxygens (including phenoxy) is 3. The second-order valence-electron chi connectivity index (χ2n) is 9.04. The van der Waals surface area contributed by atoms with Gasteiger partial charge in [0, 0.05) is 17.8 Å². The van der Waals surface area contributed by atoms with Crippen molar-refractivity contribution in [3.63, 3.8) is 0 Å². The van der Waals surface area contributed by atoms with Crippen molar-refractivity contribution < 1.29 is 45.8 Å². The van der Waals surface area contributed by atoms with Crippen molar-refractivity contribution in [3.05, 3.63) is 73.9 Å². The summed E-state index contributed by atoms with van der Waals surface area (Å²) in [6.07, 6.45) is -5.22. The molecule has 41 heavy (non-hydrogen) atoms. The zero-order valence-corrected chi connectivity index (χ0v) is 23.7. The van der Waals surface area contributed by atoms with Gasteiger partial charge in [-0.1, -0.05) is 11.6 Å². The van der Waals surface area contributed by atoms with Gasteiger partial charge in [0.05, 0.1) is 71.7 Å². The minimum absolute atomic E-state index is 0.0568. The number of aromatic nitrogens is 2. The fourth-order valence-electron chi connectivity index (χ4n) is 4.74. The summed E-state index contributed by atoms with van der Waals surface area (Å²) in [4.78, 5) is 30.5. The number of alkyl halides is 4. The molecular weight excluding hydrogens is 577 g/mol. The Bertz CT molecular complexity index is 1400. The molecule has 0 spiro atoms. The first-order valence-corrected chi connectivity index (χ1v) is 12.8. The lowest BCUT2D eigenvalue weighted by molar-refractivity contribution is -0.141. The predicted octanol–water partition coefficient (Wildman–Crippen LogP) is 5.24. The van der Waals surface area contributed by atoms with E-state index in [4.69, 9.17) is 25.8 Å². The van der Waals surface area contributed by atoms with Crippen molar-refractivity contribution in [2.75, 3.05) is 33.6 Å². The van der Waals surface area contributed by atoms with Crippen molar-refractivity contribution in [1.82, 2.24) is 14.9 Å². The molecule has 1 aliphatic heterocycles. The van der Waals surface area contributed by atoms with E-state index in [9.17, 15) is 27.2 Å². The van der Waals surface area contributed by atoms with Crippen molar-refractivity contribution in [2.24, 2.45) is 0 Å². The van der Waals surface area contributed by atoms with Crippen LogP contribution in [0.4, 0.5) is 22.0 Å². The smallest absolute Gasteiger partial charge is 0.418 e. The Morgan fingerprint density at radius 3 is 2.32 bits per heavy atom. The van der Waals surface area contributed by atoms with E-state index >= 15 is 4.39 Å². The fraction of sp³-hybridized carbons (Fsp3) is 0.444. The highest BCUT2D eigenvalue weighted by Gasteiger charge is 2.47. The number of hydrogen-bond acceptors (Lipinski definition) is 7. The number of carbonyl (C=O) groups excluding carboxylic acids is 2. The summed E-state index contributed by atoms with van der Waals surface area (Å²) in [5, 5.41) is 1.69. The lowest BCUT2D eigenvalue weighted by Crippen LogP contribution is -2.37. The maximum absolute atomic E-state index is 15.4. The van der Waals surface area contributed by atoms with Gasteiger partial charge in [0.15, 0.2) is 0 Å². The van der Waals surface area contributed by atoms with Crippen molar-refractivity contribution in [1.29, 1.82) is 0 Å². The molecule has 1 aromatic heterocycles. The molecule has 14 heteroatoms. The number of allylic oxidation sites excluding steroid dienone is 1. The molecule has 1 unspecified atom stereocenters. The van der Waals surface area contributed by atoms with Gasteiger partial charge in [0.25, 0.3) is 0 Å². The minimum Gasteiger partial charge on any atom is -0.466 e. The molecule has 8 nitrogen and oxygen atoms in total. The van der Waals surface area contributed by atoms with Crippen LogP contribution in [0.5, 0.6) is 0 Å². The molecule has 0 radical (unpaired) electrons. The van der Waals surface area contributed by atoms with Gasteiger partial charge in [-0.05, 0) is 39.8 Å². The van der Waals surface area contributed by atoms with E-state index in [2.05, 4.69) is 10.3 Å². The Balaban J connectivity index is 2.20. The van der Waals surface area contributed by atoms with Gasteiger partial charge in [0.2, 0.25) is 0 Å². The summed E-state index contributed by atoms with van der Waals surface area (Å²) in [7, 11) is 0.912. The van der Waals surface area contributed by atoms with Crippen molar-refractivity contribution in [2.45, 2.75) is 46.3 Å². The second-order valence-corrected chi connectivity index (χ2v) is 9.45. The fourth-order valence-corrected chi connectivity index (χ4v) is 5.01. The summed E-state index contributed by atoms with van der Waals surface area (Å²) in [6, 6.07) is 1.36. The van der Waals surface area contributed by atoms with Crippen LogP contribution in [0.2, 0.25) is 5.02 Å². The molecule has 1 atom stereocenters. The van der Waals surface area contributed by atoms with E-state index in [-0.39, 0.29) is 18.9 Å². The predicted molar refractivity (Wildman–Crippen MR) is 138 cm³/mol. The van der Waals surface area contributed by atoms with E-state index in [1.165, 1.54) is 6.92 Å². The summed E-state index contributed by atoms with van der Waals surface area (Å²) in [5.41, 5.74) is -3.13. The molecule has 2 aromatic rings. The number of carbonyl (C=O) groups is 2. The Morgan fingerprint density at radius 1 is 1.12 bits per heavy atom. The summed E-state index contributed by atoms with van der Waals surface area (Å²) in [6.45, 7) is 5.31. The van der Waals surface area contributed by atoms with Crippen molar-refractivity contribution >= 4 is 23.5 Å². The molecule has 2 heterocycles. The molecule has 0 saturated heterocycles. The first-order chi connectivity index (χ1) is 19.3. The Kier molecular flexibility index (Phi) is 10.2. The molecule has 1 aromatic carbocycles. The van der Waals surface area contributed by atoms with Crippen molar-refractivity contribution in [3.8, 4) is 0 Å². The van der Waals surface area contributed by atoms with E-state index < -0.39 is 76.1 Å². The van der Waals surface area contributed by atoms with Crippen LogP contribution in [0, 0.1) is 26.6 Å². The van der Waals surface area contributed by atoms with E-state index in [1.807, 2.05) is 18.4 Å². The highest BCUT2D eigenvalue weighted by Crippen LogP contribution is 2.48. The van der Waals surface area contributed by atoms with Crippen LogP contribution in [0.25, 0.3) is 0 Å². The summed E-state index contributed by atoms with van der Waals surface area (Å²) < 4.78 is 89.8. The molecule has 1 aliphatic rings. The molecule has 224 valence electrons. The molecule has 3 rings (SSSR count). The zero-order chi connectivity index (χ0) is 30.6. The molecule has 0 aliphatic carbocycles. The Morgan fingerprint density at radius 2 is 1.78 bits per heavy atom. The van der Waals surface area contributed by atoms with Gasteiger partial charge in [-0.25, -0.2) is 23.4 Å². The number of nitrogens with zero attached hydrogens (tertiary/aromatic N) is 2. The normalized spacial score (nSPS) is 15.7. The number of methoxy groups -OCH3 is 1. The van der Waals surface area contributed by atoms with Gasteiger partial charge in [-0.3, -0.25) is 0 Å². The number of imidazole rings is 1.